The normalized spacial score (nSPS) is 15.5. The van der Waals surface area contributed by atoms with Gasteiger partial charge in [0.2, 0.25) is 0 Å². The second-order valence-electron chi connectivity index (χ2n) is 5.22. The average molecular weight is 262 g/mol. The molecule has 1 rings (SSSR count). The van der Waals surface area contributed by atoms with Crippen LogP contribution in [0.15, 0.2) is 24.3 Å². The highest BCUT2D eigenvalue weighted by molar-refractivity contribution is 5.19. The van der Waals surface area contributed by atoms with E-state index in [0.29, 0.717) is 6.54 Å². The van der Waals surface area contributed by atoms with Crippen molar-refractivity contribution >= 4 is 0 Å². The Hall–Kier alpha value is -1.37. The van der Waals surface area contributed by atoms with E-state index in [1.165, 1.54) is 12.1 Å². The summed E-state index contributed by atoms with van der Waals surface area (Å²) in [5.41, 5.74) is 6.66. The molecule has 0 aliphatic heterocycles. The van der Waals surface area contributed by atoms with Crippen LogP contribution in [0.5, 0.6) is 0 Å². The van der Waals surface area contributed by atoms with Crippen LogP contribution in [0.1, 0.15) is 32.3 Å². The Kier molecular flexibility index (Phi) is 6.01. The van der Waals surface area contributed by atoms with Crippen molar-refractivity contribution in [1.29, 1.82) is 0 Å². The molecule has 0 amide bonds. The smallest absolute Gasteiger partial charge is 0.123 e. The molecule has 0 radical (unpaired) electrons. The summed E-state index contributed by atoms with van der Waals surface area (Å²) in [5.74, 6) is 2.54. The summed E-state index contributed by atoms with van der Waals surface area (Å²) in [5, 5.41) is 3.44. The van der Waals surface area contributed by atoms with E-state index in [-0.39, 0.29) is 17.4 Å². The van der Waals surface area contributed by atoms with E-state index >= 15 is 0 Å². The van der Waals surface area contributed by atoms with Crippen LogP contribution in [0.25, 0.3) is 0 Å². The number of nitrogens with two attached hydrogens (primary N) is 1. The van der Waals surface area contributed by atoms with Crippen molar-refractivity contribution in [3.63, 3.8) is 0 Å². The molecule has 19 heavy (non-hydrogen) atoms. The number of nitrogens with one attached hydrogen (secondary N) is 1. The highest BCUT2D eigenvalue weighted by Gasteiger charge is 2.25. The van der Waals surface area contributed by atoms with Gasteiger partial charge in [-0.1, -0.05) is 31.4 Å². The minimum absolute atomic E-state index is 0.0269. The lowest BCUT2D eigenvalue weighted by atomic mass is 9.91. The molecule has 0 fully saturated rings. The Morgan fingerprint density at radius 1 is 1.42 bits per heavy atom. The summed E-state index contributed by atoms with van der Waals surface area (Å²) < 4.78 is 12.9. The zero-order valence-electron chi connectivity index (χ0n) is 11.7. The van der Waals surface area contributed by atoms with Gasteiger partial charge in [-0.2, -0.15) is 0 Å². The zero-order valence-corrected chi connectivity index (χ0v) is 11.7. The van der Waals surface area contributed by atoms with E-state index in [1.807, 2.05) is 0 Å². The van der Waals surface area contributed by atoms with Crippen molar-refractivity contribution in [1.82, 2.24) is 5.32 Å². The number of hydrogen-bond donors (Lipinski definition) is 2. The van der Waals surface area contributed by atoms with E-state index in [2.05, 4.69) is 25.1 Å². The summed E-state index contributed by atoms with van der Waals surface area (Å²) >= 11 is 0. The van der Waals surface area contributed by atoms with Gasteiger partial charge >= 0.3 is 0 Å². The minimum atomic E-state index is -0.274. The Morgan fingerprint density at radius 2 is 2.05 bits per heavy atom. The summed E-state index contributed by atoms with van der Waals surface area (Å²) in [7, 11) is 0. The van der Waals surface area contributed by atoms with Gasteiger partial charge in [-0.25, -0.2) is 4.39 Å². The van der Waals surface area contributed by atoms with Crippen molar-refractivity contribution < 1.29 is 4.39 Å². The molecule has 3 N–H and O–H groups in total. The van der Waals surface area contributed by atoms with Gasteiger partial charge in [-0.15, -0.1) is 6.42 Å². The number of rotatable bonds is 7. The van der Waals surface area contributed by atoms with Gasteiger partial charge in [0.15, 0.2) is 0 Å². The van der Waals surface area contributed by atoms with Crippen molar-refractivity contribution in [2.75, 3.05) is 6.54 Å². The molecular weight excluding hydrogens is 239 g/mol. The fourth-order valence-electron chi connectivity index (χ4n) is 2.14. The summed E-state index contributed by atoms with van der Waals surface area (Å²) in [6, 6.07) is 6.54. The summed E-state index contributed by atoms with van der Waals surface area (Å²) in [6.45, 7) is 4.63. The molecule has 0 aliphatic carbocycles. The van der Waals surface area contributed by atoms with Crippen LogP contribution in [-0.4, -0.2) is 18.1 Å². The number of terminal acetylenes is 1. The summed E-state index contributed by atoms with van der Waals surface area (Å²) in [6.07, 6.45) is 8.21. The molecule has 0 saturated heterocycles. The zero-order chi connectivity index (χ0) is 14.3. The first-order chi connectivity index (χ1) is 9.03. The first-order valence-electron chi connectivity index (χ1n) is 6.71. The van der Waals surface area contributed by atoms with Gasteiger partial charge in [-0.3, -0.25) is 5.32 Å². The largest absolute Gasteiger partial charge is 0.329 e. The molecule has 2 unspecified atom stereocenters. The van der Waals surface area contributed by atoms with Crippen LogP contribution >= 0.6 is 0 Å². The third-order valence-corrected chi connectivity index (χ3v) is 3.26. The maximum absolute atomic E-state index is 12.9. The van der Waals surface area contributed by atoms with E-state index in [9.17, 15) is 4.39 Å². The second-order valence-corrected chi connectivity index (χ2v) is 5.22. The molecule has 0 saturated carbocycles. The van der Waals surface area contributed by atoms with Crippen LogP contribution in [-0.2, 0) is 6.42 Å². The third kappa shape index (κ3) is 5.02. The Morgan fingerprint density at radius 3 is 2.53 bits per heavy atom. The molecule has 1 aromatic carbocycles. The second kappa shape index (κ2) is 7.28. The number of benzene rings is 1. The van der Waals surface area contributed by atoms with Gasteiger partial charge in [-0.05, 0) is 37.5 Å². The SMILES string of the molecule is C#CC(CCC)NC(C)(CN)Cc1ccc(F)cc1. The lowest BCUT2D eigenvalue weighted by molar-refractivity contribution is 0.332. The monoisotopic (exact) mass is 262 g/mol. The highest BCUT2D eigenvalue weighted by Crippen LogP contribution is 2.15. The fourth-order valence-corrected chi connectivity index (χ4v) is 2.14. The Bertz CT molecular complexity index is 421. The molecule has 2 nitrogen and oxygen atoms in total. The molecule has 0 spiro atoms. The van der Waals surface area contributed by atoms with Gasteiger partial charge in [0.25, 0.3) is 0 Å². The predicted molar refractivity (Wildman–Crippen MR) is 78.2 cm³/mol. The number of halogens is 1. The van der Waals surface area contributed by atoms with Crippen LogP contribution in [0.4, 0.5) is 4.39 Å². The first kappa shape index (κ1) is 15.7. The van der Waals surface area contributed by atoms with Gasteiger partial charge in [0.05, 0.1) is 6.04 Å². The molecular formula is C16H23FN2. The van der Waals surface area contributed by atoms with E-state index in [4.69, 9.17) is 12.2 Å². The molecule has 0 aliphatic rings. The molecule has 1 aromatic rings. The topological polar surface area (TPSA) is 38.0 Å². The lowest BCUT2D eigenvalue weighted by Crippen LogP contribution is -2.54. The van der Waals surface area contributed by atoms with Crippen LogP contribution in [0, 0.1) is 18.2 Å². The van der Waals surface area contributed by atoms with E-state index in [0.717, 1.165) is 24.8 Å². The van der Waals surface area contributed by atoms with Crippen LogP contribution in [0.2, 0.25) is 0 Å². The van der Waals surface area contributed by atoms with E-state index in [1.54, 1.807) is 12.1 Å². The molecule has 0 bridgehead atoms. The van der Waals surface area contributed by atoms with Crippen molar-refractivity contribution in [2.45, 2.75) is 44.7 Å². The molecule has 2 atom stereocenters. The minimum Gasteiger partial charge on any atom is -0.329 e. The molecule has 3 heteroatoms. The maximum Gasteiger partial charge on any atom is 0.123 e. The first-order valence-corrected chi connectivity index (χ1v) is 6.71. The van der Waals surface area contributed by atoms with Crippen molar-refractivity contribution in [2.24, 2.45) is 5.73 Å². The van der Waals surface area contributed by atoms with E-state index < -0.39 is 0 Å². The molecule has 0 aromatic heterocycles. The third-order valence-electron chi connectivity index (χ3n) is 3.26. The fraction of sp³-hybridized carbons (Fsp3) is 0.500. The summed E-state index contributed by atoms with van der Waals surface area (Å²) in [4.78, 5) is 0. The number of hydrogen-bond acceptors (Lipinski definition) is 2. The molecule has 0 heterocycles. The van der Waals surface area contributed by atoms with Crippen molar-refractivity contribution in [3.8, 4) is 12.3 Å². The molecule has 104 valence electrons. The predicted octanol–water partition coefficient (Wildman–Crippen LogP) is 2.48. The van der Waals surface area contributed by atoms with Gasteiger partial charge < -0.3 is 5.73 Å². The quantitative estimate of drug-likeness (QED) is 0.741. The van der Waals surface area contributed by atoms with Gasteiger partial charge in [0.1, 0.15) is 5.82 Å². The van der Waals surface area contributed by atoms with Crippen LogP contribution in [0.3, 0.4) is 0 Å². The van der Waals surface area contributed by atoms with Crippen molar-refractivity contribution in [3.05, 3.63) is 35.6 Å². The maximum atomic E-state index is 12.9. The standard InChI is InChI=1S/C16H23FN2/c1-4-6-15(5-2)19-16(3,12-18)11-13-7-9-14(17)10-8-13/h2,7-10,15,19H,4,6,11-12,18H2,1,3H3. The highest BCUT2D eigenvalue weighted by atomic mass is 19.1. The Balaban J connectivity index is 2.74. The van der Waals surface area contributed by atoms with Crippen LogP contribution < -0.4 is 11.1 Å². The van der Waals surface area contributed by atoms with Gasteiger partial charge in [0, 0.05) is 12.1 Å². The Labute approximate surface area is 115 Å². The average Bonchev–Trinajstić information content (AvgIpc) is 2.41. The lowest BCUT2D eigenvalue weighted by Gasteiger charge is -2.32.